The van der Waals surface area contributed by atoms with Crippen molar-refractivity contribution in [2.45, 2.75) is 29.0 Å². The van der Waals surface area contributed by atoms with Crippen LogP contribution in [0.5, 0.6) is 5.75 Å². The van der Waals surface area contributed by atoms with Crippen LogP contribution < -0.4 is 0 Å². The molecule has 0 amide bonds. The minimum absolute atomic E-state index is 0.0334. The largest absolute Gasteiger partial charge is 0.504 e. The van der Waals surface area contributed by atoms with Crippen molar-refractivity contribution >= 4 is 21.4 Å². The Morgan fingerprint density at radius 1 is 1.33 bits per heavy atom. The van der Waals surface area contributed by atoms with Crippen molar-refractivity contribution in [3.8, 4) is 5.75 Å². The minimum Gasteiger partial charge on any atom is -0.504 e. The molecule has 0 unspecified atom stereocenters. The van der Waals surface area contributed by atoms with Crippen LogP contribution in [0.25, 0.3) is 0 Å². The van der Waals surface area contributed by atoms with Gasteiger partial charge in [-0.15, -0.1) is 0 Å². The number of nitrogens with zero attached hydrogens (tertiary/aromatic N) is 2. The van der Waals surface area contributed by atoms with E-state index in [9.17, 15) is 13.5 Å². The Morgan fingerprint density at radius 2 is 2.06 bits per heavy atom. The molecule has 0 fully saturated rings. The highest BCUT2D eigenvalue weighted by molar-refractivity contribution is 7.93. The Hall–Kier alpha value is -1.47. The van der Waals surface area contributed by atoms with E-state index < -0.39 is 9.84 Å². The zero-order valence-electron chi connectivity index (χ0n) is 9.86. The van der Waals surface area contributed by atoms with Crippen molar-refractivity contribution in [3.63, 3.8) is 0 Å². The SMILES string of the molecule is CC(C)c1nsc(S(=O)(=O)c2ccccn2)c1O. The summed E-state index contributed by atoms with van der Waals surface area (Å²) in [6, 6.07) is 4.61. The van der Waals surface area contributed by atoms with Gasteiger partial charge in [0.1, 0.15) is 0 Å². The molecule has 0 aliphatic carbocycles. The van der Waals surface area contributed by atoms with Crippen molar-refractivity contribution in [1.82, 2.24) is 9.36 Å². The molecule has 0 aliphatic heterocycles. The molecule has 1 N–H and O–H groups in total. The van der Waals surface area contributed by atoms with Crippen LogP contribution in [0.15, 0.2) is 33.6 Å². The summed E-state index contributed by atoms with van der Waals surface area (Å²) in [6.45, 7) is 3.68. The molecule has 0 saturated heterocycles. The maximum absolute atomic E-state index is 12.2. The molecule has 5 nitrogen and oxygen atoms in total. The van der Waals surface area contributed by atoms with Crippen molar-refractivity contribution in [2.24, 2.45) is 0 Å². The molecule has 0 saturated carbocycles. The van der Waals surface area contributed by atoms with E-state index in [1.54, 1.807) is 12.1 Å². The lowest BCUT2D eigenvalue weighted by atomic mass is 10.1. The Kier molecular flexibility index (Phi) is 3.36. The number of hydrogen-bond acceptors (Lipinski definition) is 6. The zero-order chi connectivity index (χ0) is 13.3. The van der Waals surface area contributed by atoms with E-state index in [4.69, 9.17) is 0 Å². The van der Waals surface area contributed by atoms with Crippen molar-refractivity contribution in [3.05, 3.63) is 30.1 Å². The van der Waals surface area contributed by atoms with Crippen molar-refractivity contribution in [1.29, 1.82) is 0 Å². The van der Waals surface area contributed by atoms with E-state index in [1.165, 1.54) is 12.3 Å². The standard InChI is InChI=1S/C11H12N2O3S2/c1-7(2)9-10(14)11(17-13-9)18(15,16)8-5-3-4-6-12-8/h3-7,14H,1-2H3. The van der Waals surface area contributed by atoms with Crippen LogP contribution in [0.1, 0.15) is 25.5 Å². The van der Waals surface area contributed by atoms with E-state index in [0.29, 0.717) is 5.69 Å². The third-order valence-electron chi connectivity index (χ3n) is 2.37. The topological polar surface area (TPSA) is 80.2 Å². The van der Waals surface area contributed by atoms with Gasteiger partial charge in [-0.1, -0.05) is 19.9 Å². The Morgan fingerprint density at radius 3 is 2.56 bits per heavy atom. The van der Waals surface area contributed by atoms with E-state index in [0.717, 1.165) is 11.5 Å². The Bertz CT molecular complexity index is 648. The van der Waals surface area contributed by atoms with E-state index >= 15 is 0 Å². The molecule has 0 spiro atoms. The lowest BCUT2D eigenvalue weighted by Crippen LogP contribution is -2.02. The fourth-order valence-corrected chi connectivity index (χ4v) is 3.87. The van der Waals surface area contributed by atoms with Gasteiger partial charge >= 0.3 is 0 Å². The fraction of sp³-hybridized carbons (Fsp3) is 0.273. The van der Waals surface area contributed by atoms with E-state index in [1.807, 2.05) is 13.8 Å². The van der Waals surface area contributed by atoms with Crippen LogP contribution in [0.3, 0.4) is 0 Å². The average molecular weight is 284 g/mol. The first-order valence-corrected chi connectivity index (χ1v) is 7.55. The summed E-state index contributed by atoms with van der Waals surface area (Å²) in [6.07, 6.45) is 1.40. The molecule has 0 aliphatic rings. The van der Waals surface area contributed by atoms with Crippen molar-refractivity contribution in [2.75, 3.05) is 0 Å². The quantitative estimate of drug-likeness (QED) is 0.934. The third-order valence-corrected chi connectivity index (χ3v) is 5.37. The van der Waals surface area contributed by atoms with Gasteiger partial charge in [0, 0.05) is 12.1 Å². The summed E-state index contributed by atoms with van der Waals surface area (Å²) in [5.74, 6) is -0.297. The van der Waals surface area contributed by atoms with E-state index in [2.05, 4.69) is 9.36 Å². The van der Waals surface area contributed by atoms with Gasteiger partial charge < -0.3 is 5.11 Å². The van der Waals surface area contributed by atoms with Gasteiger partial charge in [0.05, 0.1) is 5.69 Å². The van der Waals surface area contributed by atoms with Gasteiger partial charge in [0.25, 0.3) is 0 Å². The highest BCUT2D eigenvalue weighted by Crippen LogP contribution is 2.37. The summed E-state index contributed by atoms with van der Waals surface area (Å²) >= 11 is 0.778. The molecular weight excluding hydrogens is 272 g/mol. The molecule has 0 bridgehead atoms. The number of rotatable bonds is 3. The van der Waals surface area contributed by atoms with Crippen LogP contribution in [-0.2, 0) is 9.84 Å². The lowest BCUT2D eigenvalue weighted by Gasteiger charge is -2.02. The second-order valence-corrected chi connectivity index (χ2v) is 6.90. The maximum atomic E-state index is 12.2. The number of aromatic hydroxyl groups is 1. The predicted octanol–water partition coefficient (Wildman–Crippen LogP) is 2.20. The molecular formula is C11H12N2O3S2. The van der Waals surface area contributed by atoms with Crippen LogP contribution in [-0.4, -0.2) is 22.9 Å². The molecule has 2 rings (SSSR count). The maximum Gasteiger partial charge on any atom is 0.238 e. The number of aromatic nitrogens is 2. The van der Waals surface area contributed by atoms with Crippen LogP contribution in [0, 0.1) is 0 Å². The Labute approximate surface area is 109 Å². The summed E-state index contributed by atoms with van der Waals surface area (Å²) in [4.78, 5) is 3.80. The molecule has 2 heterocycles. The normalized spacial score (nSPS) is 11.9. The smallest absolute Gasteiger partial charge is 0.238 e. The molecule has 0 aromatic carbocycles. The zero-order valence-corrected chi connectivity index (χ0v) is 11.5. The molecule has 0 radical (unpaired) electrons. The second kappa shape index (κ2) is 4.66. The summed E-state index contributed by atoms with van der Waals surface area (Å²) in [7, 11) is -3.79. The highest BCUT2D eigenvalue weighted by Gasteiger charge is 2.28. The minimum atomic E-state index is -3.79. The molecule has 2 aromatic rings. The highest BCUT2D eigenvalue weighted by atomic mass is 32.2. The van der Waals surface area contributed by atoms with Crippen molar-refractivity contribution < 1.29 is 13.5 Å². The summed E-state index contributed by atoms with van der Waals surface area (Å²) < 4.78 is 28.3. The third kappa shape index (κ3) is 2.11. The van der Waals surface area contributed by atoms with E-state index in [-0.39, 0.29) is 20.9 Å². The van der Waals surface area contributed by atoms with Gasteiger partial charge in [-0.3, -0.25) is 0 Å². The number of hydrogen-bond donors (Lipinski definition) is 1. The van der Waals surface area contributed by atoms with Crippen LogP contribution in [0.4, 0.5) is 0 Å². The molecule has 7 heteroatoms. The first-order valence-electron chi connectivity index (χ1n) is 5.29. The molecule has 0 atom stereocenters. The summed E-state index contributed by atoms with van der Waals surface area (Å²) in [5.41, 5.74) is 0.398. The fourth-order valence-electron chi connectivity index (χ4n) is 1.44. The monoisotopic (exact) mass is 284 g/mol. The predicted molar refractivity (Wildman–Crippen MR) is 67.6 cm³/mol. The number of pyridine rings is 1. The second-order valence-electron chi connectivity index (χ2n) is 4.03. The average Bonchev–Trinajstić information content (AvgIpc) is 2.73. The number of sulfone groups is 1. The van der Waals surface area contributed by atoms with Crippen LogP contribution in [0.2, 0.25) is 0 Å². The first kappa shape index (κ1) is 13.0. The van der Waals surface area contributed by atoms with Gasteiger partial charge in [-0.2, -0.15) is 4.37 Å². The van der Waals surface area contributed by atoms with Gasteiger partial charge in [0.2, 0.25) is 9.84 Å². The van der Waals surface area contributed by atoms with Gasteiger partial charge in [-0.05, 0) is 23.7 Å². The summed E-state index contributed by atoms with van der Waals surface area (Å²) in [5, 5.41) is 9.85. The van der Waals surface area contributed by atoms with Gasteiger partial charge in [0.15, 0.2) is 15.0 Å². The molecule has 96 valence electrons. The first-order chi connectivity index (χ1) is 8.44. The van der Waals surface area contributed by atoms with Crippen LogP contribution >= 0.6 is 11.5 Å². The molecule has 18 heavy (non-hydrogen) atoms. The van der Waals surface area contributed by atoms with Gasteiger partial charge in [-0.25, -0.2) is 13.4 Å². The Balaban J connectivity index is 2.56. The molecule has 2 aromatic heterocycles. The lowest BCUT2D eigenvalue weighted by molar-refractivity contribution is 0.451.